The largest absolute Gasteiger partial charge is 0.424 e. The van der Waals surface area contributed by atoms with Crippen LogP contribution in [0.5, 0.6) is 11.8 Å². The summed E-state index contributed by atoms with van der Waals surface area (Å²) in [6.07, 6.45) is 4.11. The lowest BCUT2D eigenvalue weighted by Crippen LogP contribution is -2.22. The van der Waals surface area contributed by atoms with Crippen LogP contribution in [0.15, 0.2) is 30.6 Å². The van der Waals surface area contributed by atoms with Gasteiger partial charge in [-0.2, -0.15) is 10.1 Å². The van der Waals surface area contributed by atoms with Gasteiger partial charge in [0.1, 0.15) is 17.1 Å². The number of fused-ring (bicyclic) bond motifs is 1. The van der Waals surface area contributed by atoms with E-state index in [-0.39, 0.29) is 23.4 Å². The van der Waals surface area contributed by atoms with Crippen LogP contribution in [-0.2, 0) is 14.9 Å². The Bertz CT molecular complexity index is 1370. The first kappa shape index (κ1) is 23.1. The van der Waals surface area contributed by atoms with Gasteiger partial charge in [-0.1, -0.05) is 32.1 Å². The van der Waals surface area contributed by atoms with Gasteiger partial charge in [-0.15, -0.1) is 0 Å². The number of carbonyl (C=O) groups is 1. The molecule has 1 amide bonds. The van der Waals surface area contributed by atoms with Crippen molar-refractivity contribution in [2.45, 2.75) is 45.6 Å². The van der Waals surface area contributed by atoms with Gasteiger partial charge in [-0.3, -0.25) is 9.48 Å². The van der Waals surface area contributed by atoms with Crippen LogP contribution in [-0.4, -0.2) is 48.8 Å². The average molecular weight is 495 g/mol. The molecule has 4 aromatic rings. The molecule has 0 spiro atoms. The van der Waals surface area contributed by atoms with Crippen molar-refractivity contribution in [1.29, 1.82) is 0 Å². The SMILES string of the molecule is CC(=O)Nc1cc(Oc2ncc3nc(Nc4cc(C(C)(C)C)n([C@H]5CCOC5)n4)sc3n2)ccn1. The van der Waals surface area contributed by atoms with Crippen molar-refractivity contribution in [2.24, 2.45) is 0 Å². The van der Waals surface area contributed by atoms with E-state index in [1.807, 2.05) is 0 Å². The molecule has 0 radical (unpaired) electrons. The summed E-state index contributed by atoms with van der Waals surface area (Å²) >= 11 is 1.39. The first-order valence-electron chi connectivity index (χ1n) is 11.2. The van der Waals surface area contributed by atoms with Crippen molar-refractivity contribution in [3.05, 3.63) is 36.3 Å². The van der Waals surface area contributed by atoms with Gasteiger partial charge in [0.25, 0.3) is 0 Å². The highest BCUT2D eigenvalue weighted by molar-refractivity contribution is 7.21. The Morgan fingerprint density at radius 3 is 2.83 bits per heavy atom. The van der Waals surface area contributed by atoms with Crippen LogP contribution in [0, 0.1) is 0 Å². The fourth-order valence-corrected chi connectivity index (χ4v) is 4.58. The first-order chi connectivity index (χ1) is 16.7. The second-order valence-electron chi connectivity index (χ2n) is 9.27. The number of thiazole rings is 1. The number of anilines is 3. The standard InChI is InChI=1S/C23H26N8O3S/c1-13(32)26-18-9-15(5-7-24-18)34-21-25-11-16-20(29-21)35-22(27-16)28-19-10-17(23(2,3)4)31(30-19)14-6-8-33-12-14/h5,7,9-11,14H,6,8,12H2,1-4H3,(H,24,26,32)(H,27,28,30)/t14-/m0/s1. The van der Waals surface area contributed by atoms with Crippen molar-refractivity contribution >= 4 is 44.4 Å². The molecule has 35 heavy (non-hydrogen) atoms. The molecule has 0 saturated carbocycles. The van der Waals surface area contributed by atoms with E-state index in [9.17, 15) is 4.79 Å². The molecule has 2 N–H and O–H groups in total. The summed E-state index contributed by atoms with van der Waals surface area (Å²) in [5.74, 6) is 1.36. The molecule has 0 aromatic carbocycles. The molecule has 12 heteroatoms. The monoisotopic (exact) mass is 494 g/mol. The molecule has 5 rings (SSSR count). The maximum atomic E-state index is 11.3. The molecule has 1 atom stereocenters. The lowest BCUT2D eigenvalue weighted by atomic mass is 9.91. The van der Waals surface area contributed by atoms with Crippen LogP contribution in [0.3, 0.4) is 0 Å². The summed E-state index contributed by atoms with van der Waals surface area (Å²) in [5.41, 5.74) is 1.73. The maximum Gasteiger partial charge on any atom is 0.323 e. The molecule has 0 unspecified atom stereocenters. The fourth-order valence-electron chi connectivity index (χ4n) is 3.77. The van der Waals surface area contributed by atoms with E-state index in [1.165, 1.54) is 24.5 Å². The fraction of sp³-hybridized carbons (Fsp3) is 0.391. The smallest absolute Gasteiger partial charge is 0.323 e. The molecule has 1 aliphatic heterocycles. The van der Waals surface area contributed by atoms with E-state index < -0.39 is 0 Å². The van der Waals surface area contributed by atoms with Gasteiger partial charge in [0.2, 0.25) is 5.91 Å². The molecule has 1 aliphatic rings. The molecule has 1 saturated heterocycles. The molecule has 182 valence electrons. The highest BCUT2D eigenvalue weighted by Gasteiger charge is 2.28. The van der Waals surface area contributed by atoms with Crippen molar-refractivity contribution in [3.63, 3.8) is 0 Å². The lowest BCUT2D eigenvalue weighted by Gasteiger charge is -2.22. The van der Waals surface area contributed by atoms with Gasteiger partial charge in [0.15, 0.2) is 15.8 Å². The van der Waals surface area contributed by atoms with E-state index in [0.29, 0.717) is 33.7 Å². The summed E-state index contributed by atoms with van der Waals surface area (Å²) in [7, 11) is 0. The molecule has 0 aliphatic carbocycles. The minimum absolute atomic E-state index is 0.0619. The van der Waals surface area contributed by atoms with E-state index in [0.717, 1.165) is 24.5 Å². The van der Waals surface area contributed by atoms with Gasteiger partial charge in [-0.25, -0.2) is 15.0 Å². The summed E-state index contributed by atoms with van der Waals surface area (Å²) in [6, 6.07) is 5.75. The van der Waals surface area contributed by atoms with Crippen molar-refractivity contribution in [2.75, 3.05) is 23.8 Å². The molecule has 11 nitrogen and oxygen atoms in total. The van der Waals surface area contributed by atoms with Crippen molar-refractivity contribution in [3.8, 4) is 11.8 Å². The zero-order chi connectivity index (χ0) is 24.6. The Kier molecular flexibility index (Phi) is 6.07. The predicted octanol–water partition coefficient (Wildman–Crippen LogP) is 4.43. The van der Waals surface area contributed by atoms with E-state index in [1.54, 1.807) is 18.3 Å². The summed E-state index contributed by atoms with van der Waals surface area (Å²) < 4.78 is 13.4. The van der Waals surface area contributed by atoms with Gasteiger partial charge < -0.3 is 20.1 Å². The predicted molar refractivity (Wildman–Crippen MR) is 133 cm³/mol. The molecule has 4 aromatic heterocycles. The van der Waals surface area contributed by atoms with E-state index >= 15 is 0 Å². The first-order valence-corrected chi connectivity index (χ1v) is 12.1. The normalized spacial score (nSPS) is 15.9. The van der Waals surface area contributed by atoms with E-state index in [4.69, 9.17) is 14.6 Å². The highest BCUT2D eigenvalue weighted by Crippen LogP contribution is 2.33. The third kappa shape index (κ3) is 5.23. The molecular weight excluding hydrogens is 468 g/mol. The van der Waals surface area contributed by atoms with Crippen LogP contribution in [0.1, 0.15) is 45.9 Å². The number of amides is 1. The van der Waals surface area contributed by atoms with Crippen LogP contribution in [0.2, 0.25) is 0 Å². The number of rotatable bonds is 6. The minimum atomic E-state index is -0.215. The van der Waals surface area contributed by atoms with Gasteiger partial charge >= 0.3 is 6.01 Å². The lowest BCUT2D eigenvalue weighted by molar-refractivity contribution is -0.114. The Hall–Kier alpha value is -3.64. The van der Waals surface area contributed by atoms with Crippen molar-refractivity contribution in [1.82, 2.24) is 29.7 Å². The summed E-state index contributed by atoms with van der Waals surface area (Å²) in [6.45, 7) is 9.38. The van der Waals surface area contributed by atoms with Crippen LogP contribution in [0.4, 0.5) is 16.8 Å². The quantitative estimate of drug-likeness (QED) is 0.400. The van der Waals surface area contributed by atoms with Gasteiger partial charge in [0.05, 0.1) is 18.8 Å². The highest BCUT2D eigenvalue weighted by atomic mass is 32.1. The number of hydrogen-bond donors (Lipinski definition) is 2. The summed E-state index contributed by atoms with van der Waals surface area (Å²) in [5, 5.41) is 11.4. The van der Waals surface area contributed by atoms with Crippen molar-refractivity contribution < 1.29 is 14.3 Å². The second kappa shape index (κ2) is 9.19. The number of hydrogen-bond acceptors (Lipinski definition) is 10. The zero-order valence-corrected chi connectivity index (χ0v) is 20.7. The van der Waals surface area contributed by atoms with Crippen LogP contribution < -0.4 is 15.4 Å². The van der Waals surface area contributed by atoms with Gasteiger partial charge in [-0.05, 0) is 12.5 Å². The molecule has 0 bridgehead atoms. The third-order valence-electron chi connectivity index (χ3n) is 5.36. The number of carbonyl (C=O) groups excluding carboxylic acids is 1. The Balaban J connectivity index is 1.36. The molecule has 5 heterocycles. The summed E-state index contributed by atoms with van der Waals surface area (Å²) in [4.78, 5) is 29.3. The number of ether oxygens (including phenoxy) is 2. The minimum Gasteiger partial charge on any atom is -0.424 e. The average Bonchev–Trinajstić information content (AvgIpc) is 3.52. The number of nitrogens with zero attached hydrogens (tertiary/aromatic N) is 6. The topological polar surface area (TPSA) is 129 Å². The third-order valence-corrected chi connectivity index (χ3v) is 6.24. The number of nitrogens with one attached hydrogen (secondary N) is 2. The van der Waals surface area contributed by atoms with Gasteiger partial charge in [0, 0.05) is 43.0 Å². The second-order valence-corrected chi connectivity index (χ2v) is 10.3. The maximum absolute atomic E-state index is 11.3. The van der Waals surface area contributed by atoms with Crippen LogP contribution >= 0.6 is 11.3 Å². The number of aromatic nitrogens is 6. The molecule has 1 fully saturated rings. The van der Waals surface area contributed by atoms with E-state index in [2.05, 4.69) is 62.1 Å². The Morgan fingerprint density at radius 2 is 2.09 bits per heavy atom. The van der Waals surface area contributed by atoms with Crippen LogP contribution in [0.25, 0.3) is 10.3 Å². The molecular formula is C23H26N8O3S. The number of pyridine rings is 1. The zero-order valence-electron chi connectivity index (χ0n) is 19.9. The Morgan fingerprint density at radius 1 is 1.23 bits per heavy atom. The Labute approximate surface area is 205 Å².